The van der Waals surface area contributed by atoms with Gasteiger partial charge in [-0.05, 0) is 50.9 Å². The summed E-state index contributed by atoms with van der Waals surface area (Å²) in [6.07, 6.45) is 4.60. The van der Waals surface area contributed by atoms with Crippen molar-refractivity contribution in [1.82, 2.24) is 5.32 Å². The van der Waals surface area contributed by atoms with Gasteiger partial charge in [-0.1, -0.05) is 12.1 Å². The van der Waals surface area contributed by atoms with Crippen LogP contribution in [-0.2, 0) is 4.74 Å². The number of fused-ring (bicyclic) bond motifs is 2. The van der Waals surface area contributed by atoms with Crippen molar-refractivity contribution in [3.63, 3.8) is 0 Å². The van der Waals surface area contributed by atoms with Crippen molar-refractivity contribution in [2.24, 2.45) is 5.92 Å². The van der Waals surface area contributed by atoms with Crippen LogP contribution in [0.1, 0.15) is 37.8 Å². The van der Waals surface area contributed by atoms with Crippen LogP contribution in [0.4, 0.5) is 0 Å². The second-order valence-corrected chi connectivity index (χ2v) is 5.55. The summed E-state index contributed by atoms with van der Waals surface area (Å²) in [5.74, 6) is 1.56. The molecule has 3 rings (SSSR count). The number of rotatable bonds is 5. The Balaban J connectivity index is 1.80. The van der Waals surface area contributed by atoms with Crippen LogP contribution >= 0.6 is 0 Å². The molecule has 0 spiro atoms. The van der Waals surface area contributed by atoms with E-state index in [0.29, 0.717) is 30.8 Å². The molecule has 3 heteroatoms. The Hall–Kier alpha value is -1.06. The first-order valence-electron chi connectivity index (χ1n) is 7.37. The molecule has 0 saturated carbocycles. The number of nitrogens with one attached hydrogen (secondary N) is 1. The zero-order valence-electron chi connectivity index (χ0n) is 11.8. The van der Waals surface area contributed by atoms with Crippen molar-refractivity contribution >= 4 is 0 Å². The molecule has 1 aromatic rings. The fourth-order valence-corrected chi connectivity index (χ4v) is 3.62. The molecule has 0 aromatic heterocycles. The molecule has 0 aliphatic carbocycles. The molecule has 2 heterocycles. The maximum Gasteiger partial charge on any atom is 0.119 e. The fourth-order valence-electron chi connectivity index (χ4n) is 3.62. The van der Waals surface area contributed by atoms with Crippen LogP contribution < -0.4 is 10.1 Å². The minimum Gasteiger partial charge on any atom is -0.494 e. The Morgan fingerprint density at radius 1 is 1.42 bits per heavy atom. The van der Waals surface area contributed by atoms with E-state index in [9.17, 15) is 0 Å². The van der Waals surface area contributed by atoms with E-state index >= 15 is 0 Å². The van der Waals surface area contributed by atoms with Gasteiger partial charge in [0.25, 0.3) is 0 Å². The van der Waals surface area contributed by atoms with Crippen LogP contribution in [0.5, 0.6) is 5.75 Å². The van der Waals surface area contributed by atoms with Crippen molar-refractivity contribution in [3.8, 4) is 5.75 Å². The van der Waals surface area contributed by atoms with Gasteiger partial charge in [0, 0.05) is 12.0 Å². The van der Waals surface area contributed by atoms with E-state index in [-0.39, 0.29) is 0 Å². The summed E-state index contributed by atoms with van der Waals surface area (Å²) in [5.41, 5.74) is 1.31. The molecule has 104 valence electrons. The van der Waals surface area contributed by atoms with Gasteiger partial charge in [-0.3, -0.25) is 0 Å². The topological polar surface area (TPSA) is 30.5 Å². The zero-order chi connectivity index (χ0) is 13.2. The van der Waals surface area contributed by atoms with E-state index in [0.717, 1.165) is 5.75 Å². The summed E-state index contributed by atoms with van der Waals surface area (Å²) in [7, 11) is 2.05. The molecule has 1 aromatic carbocycles. The van der Waals surface area contributed by atoms with Gasteiger partial charge >= 0.3 is 0 Å². The molecule has 0 radical (unpaired) electrons. The van der Waals surface area contributed by atoms with E-state index in [4.69, 9.17) is 9.47 Å². The van der Waals surface area contributed by atoms with Crippen molar-refractivity contribution in [2.45, 2.75) is 44.4 Å². The molecule has 0 amide bonds. The van der Waals surface area contributed by atoms with Crippen LogP contribution in [0, 0.1) is 5.92 Å². The third-order valence-electron chi connectivity index (χ3n) is 4.42. The average molecular weight is 261 g/mol. The van der Waals surface area contributed by atoms with Gasteiger partial charge in [0.2, 0.25) is 0 Å². The fraction of sp³-hybridized carbons (Fsp3) is 0.625. The van der Waals surface area contributed by atoms with Gasteiger partial charge in [-0.25, -0.2) is 0 Å². The Labute approximate surface area is 115 Å². The Kier molecular flexibility index (Phi) is 3.76. The Bertz CT molecular complexity index is 435. The smallest absolute Gasteiger partial charge is 0.119 e. The highest BCUT2D eigenvalue weighted by atomic mass is 16.5. The molecule has 2 aliphatic rings. The summed E-state index contributed by atoms with van der Waals surface area (Å²) in [4.78, 5) is 0. The zero-order valence-corrected chi connectivity index (χ0v) is 11.8. The predicted octanol–water partition coefficient (Wildman–Crippen LogP) is 2.91. The first kappa shape index (κ1) is 12.9. The van der Waals surface area contributed by atoms with Crippen LogP contribution in [0.3, 0.4) is 0 Å². The van der Waals surface area contributed by atoms with Crippen molar-refractivity contribution < 1.29 is 9.47 Å². The number of hydrogen-bond acceptors (Lipinski definition) is 3. The minimum atomic E-state index is 0.371. The van der Waals surface area contributed by atoms with Gasteiger partial charge in [-0.2, -0.15) is 0 Å². The molecule has 2 bridgehead atoms. The predicted molar refractivity (Wildman–Crippen MR) is 75.4 cm³/mol. The standard InChI is InChI=1S/C16H23NO2/c1-3-18-12-6-4-5-11(9-12)16(17-2)14-10-13-7-8-15(14)19-13/h4-6,9,13-17H,3,7-8,10H2,1-2H3. The molecule has 4 unspecified atom stereocenters. The third-order valence-corrected chi connectivity index (χ3v) is 4.42. The number of ether oxygens (including phenoxy) is 2. The molecule has 3 nitrogen and oxygen atoms in total. The van der Waals surface area contributed by atoms with Crippen LogP contribution in [0.2, 0.25) is 0 Å². The molecule has 1 N–H and O–H groups in total. The summed E-state index contributed by atoms with van der Waals surface area (Å²) >= 11 is 0. The summed E-state index contributed by atoms with van der Waals surface area (Å²) < 4.78 is 11.6. The highest BCUT2D eigenvalue weighted by Crippen LogP contribution is 2.44. The van der Waals surface area contributed by atoms with Gasteiger partial charge < -0.3 is 14.8 Å². The second-order valence-electron chi connectivity index (χ2n) is 5.55. The Morgan fingerprint density at radius 3 is 2.95 bits per heavy atom. The monoisotopic (exact) mass is 261 g/mol. The SMILES string of the molecule is CCOc1cccc(C(NC)C2CC3CCC2O3)c1. The van der Waals surface area contributed by atoms with Crippen molar-refractivity contribution in [2.75, 3.05) is 13.7 Å². The molecular formula is C16H23NO2. The highest BCUT2D eigenvalue weighted by molar-refractivity contribution is 5.31. The number of benzene rings is 1. The van der Waals surface area contributed by atoms with Gasteiger partial charge in [0.15, 0.2) is 0 Å². The van der Waals surface area contributed by atoms with E-state index in [1.54, 1.807) is 0 Å². The Morgan fingerprint density at radius 2 is 2.32 bits per heavy atom. The lowest BCUT2D eigenvalue weighted by Gasteiger charge is -2.28. The lowest BCUT2D eigenvalue weighted by atomic mass is 9.81. The van der Waals surface area contributed by atoms with Crippen molar-refractivity contribution in [3.05, 3.63) is 29.8 Å². The highest BCUT2D eigenvalue weighted by Gasteiger charge is 2.44. The van der Waals surface area contributed by atoms with E-state index in [1.807, 2.05) is 20.0 Å². The van der Waals surface area contributed by atoms with Crippen LogP contribution in [0.15, 0.2) is 24.3 Å². The summed E-state index contributed by atoms with van der Waals surface area (Å²) in [6.45, 7) is 2.73. The van der Waals surface area contributed by atoms with Crippen LogP contribution in [0.25, 0.3) is 0 Å². The third kappa shape index (κ3) is 2.49. The molecule has 4 atom stereocenters. The van der Waals surface area contributed by atoms with Gasteiger partial charge in [-0.15, -0.1) is 0 Å². The lowest BCUT2D eigenvalue weighted by Crippen LogP contribution is -2.31. The van der Waals surface area contributed by atoms with Gasteiger partial charge in [0.05, 0.1) is 18.8 Å². The first-order valence-corrected chi connectivity index (χ1v) is 7.37. The molecule has 2 fully saturated rings. The lowest BCUT2D eigenvalue weighted by molar-refractivity contribution is 0.0863. The molecular weight excluding hydrogens is 238 g/mol. The summed E-state index contributed by atoms with van der Waals surface area (Å²) in [6, 6.07) is 8.83. The maximum absolute atomic E-state index is 6.00. The van der Waals surface area contributed by atoms with E-state index in [2.05, 4.69) is 23.5 Å². The van der Waals surface area contributed by atoms with Crippen molar-refractivity contribution in [1.29, 1.82) is 0 Å². The van der Waals surface area contributed by atoms with E-state index < -0.39 is 0 Å². The maximum atomic E-state index is 6.00. The van der Waals surface area contributed by atoms with Crippen LogP contribution in [-0.4, -0.2) is 25.9 Å². The molecule has 19 heavy (non-hydrogen) atoms. The van der Waals surface area contributed by atoms with Gasteiger partial charge in [0.1, 0.15) is 5.75 Å². The number of hydrogen-bond donors (Lipinski definition) is 1. The van der Waals surface area contributed by atoms with E-state index in [1.165, 1.54) is 24.8 Å². The normalized spacial score (nSPS) is 30.5. The second kappa shape index (κ2) is 5.51. The minimum absolute atomic E-state index is 0.371. The molecule has 2 aliphatic heterocycles. The average Bonchev–Trinajstić information content (AvgIpc) is 3.03. The largest absolute Gasteiger partial charge is 0.494 e. The quantitative estimate of drug-likeness (QED) is 0.884. The molecule has 2 saturated heterocycles. The first-order chi connectivity index (χ1) is 9.31. The summed E-state index contributed by atoms with van der Waals surface area (Å²) in [5, 5.41) is 3.48.